The van der Waals surface area contributed by atoms with Gasteiger partial charge in [0.2, 0.25) is 0 Å². The van der Waals surface area contributed by atoms with Gasteiger partial charge in [0, 0.05) is 34.7 Å². The van der Waals surface area contributed by atoms with E-state index in [0.717, 1.165) is 30.8 Å². The Labute approximate surface area is 157 Å². The van der Waals surface area contributed by atoms with Crippen LogP contribution in [-0.2, 0) is 6.42 Å². The number of nitrogens with zero attached hydrogens (tertiary/aromatic N) is 2. The zero-order valence-corrected chi connectivity index (χ0v) is 14.9. The van der Waals surface area contributed by atoms with Crippen molar-refractivity contribution in [2.24, 2.45) is 0 Å². The van der Waals surface area contributed by atoms with Crippen LogP contribution in [0.3, 0.4) is 0 Å². The number of nitrogens with one attached hydrogen (secondary N) is 1. The van der Waals surface area contributed by atoms with Gasteiger partial charge < -0.3 is 10.2 Å². The summed E-state index contributed by atoms with van der Waals surface area (Å²) in [6.07, 6.45) is 3.64. The second-order valence-electron chi connectivity index (χ2n) is 6.25. The van der Waals surface area contributed by atoms with Crippen LogP contribution in [0, 0.1) is 0 Å². The molecule has 0 aliphatic carbocycles. The normalized spacial score (nSPS) is 13.2. The Morgan fingerprint density at radius 2 is 1.88 bits per heavy atom. The van der Waals surface area contributed by atoms with E-state index in [2.05, 4.69) is 16.4 Å². The first-order valence-corrected chi connectivity index (χ1v) is 8.97. The molecule has 0 fully saturated rings. The molecule has 3 aromatic rings. The molecule has 2 aromatic carbocycles. The highest BCUT2D eigenvalue weighted by Crippen LogP contribution is 2.28. The van der Waals surface area contributed by atoms with Gasteiger partial charge in [-0.3, -0.25) is 4.79 Å². The number of carbonyl (C=O) groups is 1. The van der Waals surface area contributed by atoms with Gasteiger partial charge >= 0.3 is 0 Å². The van der Waals surface area contributed by atoms with Gasteiger partial charge in [-0.05, 0) is 60.9 Å². The lowest BCUT2D eigenvalue weighted by molar-refractivity contribution is 0.0985. The zero-order valence-electron chi connectivity index (χ0n) is 14.2. The number of rotatable bonds is 3. The summed E-state index contributed by atoms with van der Waals surface area (Å²) in [7, 11) is 0. The lowest BCUT2D eigenvalue weighted by atomic mass is 10.0. The van der Waals surface area contributed by atoms with Crippen LogP contribution in [0.5, 0.6) is 0 Å². The molecule has 0 saturated heterocycles. The number of carbonyl (C=O) groups excluding carboxylic acids is 1. The molecule has 4 nitrogen and oxygen atoms in total. The van der Waals surface area contributed by atoms with Crippen molar-refractivity contribution < 1.29 is 4.79 Å². The number of amides is 1. The fraction of sp³-hybridized carbons (Fsp3) is 0.143. The zero-order chi connectivity index (χ0) is 17.9. The Bertz CT molecular complexity index is 940. The highest BCUT2D eigenvalue weighted by molar-refractivity contribution is 6.30. The molecule has 5 heteroatoms. The van der Waals surface area contributed by atoms with E-state index in [0.29, 0.717) is 16.4 Å². The molecule has 4 rings (SSSR count). The van der Waals surface area contributed by atoms with Crippen molar-refractivity contribution in [1.82, 2.24) is 4.98 Å². The molecule has 2 heterocycles. The predicted molar refractivity (Wildman–Crippen MR) is 105 cm³/mol. The SMILES string of the molecule is O=C(c1ccnc(Nc2ccc(Cl)cc2)c1)N1CCCc2ccccc21. The van der Waals surface area contributed by atoms with E-state index in [4.69, 9.17) is 11.6 Å². The van der Waals surface area contributed by atoms with E-state index in [1.54, 1.807) is 18.3 Å². The second-order valence-corrected chi connectivity index (χ2v) is 6.69. The molecule has 0 atom stereocenters. The summed E-state index contributed by atoms with van der Waals surface area (Å²) < 4.78 is 0. The Kier molecular flexibility index (Phi) is 4.59. The van der Waals surface area contributed by atoms with Crippen LogP contribution >= 0.6 is 11.6 Å². The quantitative estimate of drug-likeness (QED) is 0.706. The molecule has 1 aliphatic heterocycles. The van der Waals surface area contributed by atoms with E-state index in [-0.39, 0.29) is 5.91 Å². The first kappa shape index (κ1) is 16.6. The molecule has 130 valence electrons. The molecular formula is C21H18ClN3O. The van der Waals surface area contributed by atoms with Crippen LogP contribution in [0.4, 0.5) is 17.2 Å². The van der Waals surface area contributed by atoms with Crippen LogP contribution in [0.25, 0.3) is 0 Å². The molecule has 0 unspecified atom stereocenters. The smallest absolute Gasteiger partial charge is 0.258 e. The average molecular weight is 364 g/mol. The summed E-state index contributed by atoms with van der Waals surface area (Å²) in [5.41, 5.74) is 3.72. The van der Waals surface area contributed by atoms with E-state index < -0.39 is 0 Å². The van der Waals surface area contributed by atoms with Crippen molar-refractivity contribution in [3.8, 4) is 0 Å². The monoisotopic (exact) mass is 363 g/mol. The molecule has 0 spiro atoms. The fourth-order valence-electron chi connectivity index (χ4n) is 3.21. The van der Waals surface area contributed by atoms with Crippen LogP contribution in [-0.4, -0.2) is 17.4 Å². The highest BCUT2D eigenvalue weighted by Gasteiger charge is 2.23. The molecule has 1 N–H and O–H groups in total. The van der Waals surface area contributed by atoms with Gasteiger partial charge in [-0.2, -0.15) is 0 Å². The van der Waals surface area contributed by atoms with E-state index in [1.165, 1.54) is 5.56 Å². The summed E-state index contributed by atoms with van der Waals surface area (Å²) in [5.74, 6) is 0.627. The van der Waals surface area contributed by atoms with Gasteiger partial charge in [-0.1, -0.05) is 29.8 Å². The number of fused-ring (bicyclic) bond motifs is 1. The summed E-state index contributed by atoms with van der Waals surface area (Å²) in [4.78, 5) is 19.2. The number of aromatic nitrogens is 1. The number of para-hydroxylation sites is 1. The van der Waals surface area contributed by atoms with Gasteiger partial charge in [0.1, 0.15) is 5.82 Å². The number of pyridine rings is 1. The van der Waals surface area contributed by atoms with Crippen LogP contribution in [0.1, 0.15) is 22.3 Å². The lowest BCUT2D eigenvalue weighted by Gasteiger charge is -2.29. The Morgan fingerprint density at radius 1 is 1.08 bits per heavy atom. The van der Waals surface area contributed by atoms with E-state index >= 15 is 0 Å². The van der Waals surface area contributed by atoms with Crippen molar-refractivity contribution in [1.29, 1.82) is 0 Å². The van der Waals surface area contributed by atoms with Crippen LogP contribution in [0.15, 0.2) is 66.9 Å². The minimum Gasteiger partial charge on any atom is -0.340 e. The number of hydrogen-bond acceptors (Lipinski definition) is 3. The summed E-state index contributed by atoms with van der Waals surface area (Å²) >= 11 is 5.92. The third-order valence-corrected chi connectivity index (χ3v) is 4.73. The van der Waals surface area contributed by atoms with Gasteiger partial charge in [0.25, 0.3) is 5.91 Å². The number of aryl methyl sites for hydroxylation is 1. The van der Waals surface area contributed by atoms with Crippen LogP contribution in [0.2, 0.25) is 5.02 Å². The molecule has 26 heavy (non-hydrogen) atoms. The predicted octanol–water partition coefficient (Wildman–Crippen LogP) is 5.07. The van der Waals surface area contributed by atoms with Gasteiger partial charge in [0.15, 0.2) is 0 Å². The summed E-state index contributed by atoms with van der Waals surface area (Å²) in [5, 5.41) is 3.89. The molecule has 0 radical (unpaired) electrons. The molecule has 0 bridgehead atoms. The number of halogens is 1. The van der Waals surface area contributed by atoms with Gasteiger partial charge in [-0.15, -0.1) is 0 Å². The second kappa shape index (κ2) is 7.18. The third-order valence-electron chi connectivity index (χ3n) is 4.48. The van der Waals surface area contributed by atoms with Crippen molar-refractivity contribution >= 4 is 34.7 Å². The fourth-order valence-corrected chi connectivity index (χ4v) is 3.34. The Hall–Kier alpha value is -2.85. The first-order chi connectivity index (χ1) is 12.7. The highest BCUT2D eigenvalue weighted by atomic mass is 35.5. The summed E-state index contributed by atoms with van der Waals surface area (Å²) in [6.45, 7) is 0.734. The maximum absolute atomic E-state index is 13.1. The minimum absolute atomic E-state index is 0.00120. The van der Waals surface area contributed by atoms with E-state index in [9.17, 15) is 4.79 Å². The topological polar surface area (TPSA) is 45.2 Å². The van der Waals surface area contributed by atoms with Crippen LogP contribution < -0.4 is 10.2 Å². The number of benzene rings is 2. The maximum atomic E-state index is 13.1. The molecule has 1 amide bonds. The molecule has 1 aliphatic rings. The number of hydrogen-bond donors (Lipinski definition) is 1. The number of anilines is 3. The Balaban J connectivity index is 1.59. The van der Waals surface area contributed by atoms with Gasteiger partial charge in [-0.25, -0.2) is 4.98 Å². The molecule has 0 saturated carbocycles. The third kappa shape index (κ3) is 3.41. The van der Waals surface area contributed by atoms with Crippen molar-refractivity contribution in [3.63, 3.8) is 0 Å². The largest absolute Gasteiger partial charge is 0.340 e. The maximum Gasteiger partial charge on any atom is 0.258 e. The van der Waals surface area contributed by atoms with Crippen molar-refractivity contribution in [2.75, 3.05) is 16.8 Å². The average Bonchev–Trinajstić information content (AvgIpc) is 2.69. The standard InChI is InChI=1S/C21H18ClN3O/c22-17-7-9-18(10-8-17)24-20-14-16(11-12-23-20)21(26)25-13-3-5-15-4-1-2-6-19(15)25/h1-2,4,6-12,14H,3,5,13H2,(H,23,24). The van der Waals surface area contributed by atoms with Gasteiger partial charge in [0.05, 0.1) is 0 Å². The van der Waals surface area contributed by atoms with E-state index in [1.807, 2.05) is 47.4 Å². The first-order valence-electron chi connectivity index (χ1n) is 8.59. The van der Waals surface area contributed by atoms with Crippen molar-refractivity contribution in [3.05, 3.63) is 83.0 Å². The molecular weight excluding hydrogens is 346 g/mol. The lowest BCUT2D eigenvalue weighted by Crippen LogP contribution is -2.35. The molecule has 1 aromatic heterocycles. The Morgan fingerprint density at radius 3 is 2.73 bits per heavy atom. The van der Waals surface area contributed by atoms with Crippen molar-refractivity contribution in [2.45, 2.75) is 12.8 Å². The summed E-state index contributed by atoms with van der Waals surface area (Å²) in [6, 6.07) is 19.0. The minimum atomic E-state index is -0.00120.